The van der Waals surface area contributed by atoms with Crippen molar-refractivity contribution in [2.24, 2.45) is 5.92 Å². The molecule has 0 radical (unpaired) electrons. The molecule has 1 N–H and O–H groups in total. The summed E-state index contributed by atoms with van der Waals surface area (Å²) >= 11 is 0. The normalized spacial score (nSPS) is 28.7. The number of rotatable bonds is 3. The standard InChI is InChI=1S/C12H23N3/c1-10(2)9-15-7-5-11(3)14-8-12(15)4-6-13/h10-12,14H,4-5,7-9H2,1-3H3. The highest BCUT2D eigenvalue weighted by Gasteiger charge is 2.23. The predicted octanol–water partition coefficient (Wildman–Crippen LogP) is 1.61. The summed E-state index contributed by atoms with van der Waals surface area (Å²) in [5, 5.41) is 12.3. The third-order valence-electron chi connectivity index (χ3n) is 2.99. The lowest BCUT2D eigenvalue weighted by atomic mass is 10.1. The average molecular weight is 209 g/mol. The van der Waals surface area contributed by atoms with E-state index in [-0.39, 0.29) is 0 Å². The zero-order valence-corrected chi connectivity index (χ0v) is 10.2. The molecule has 1 aliphatic heterocycles. The second-order valence-corrected chi connectivity index (χ2v) is 5.00. The van der Waals surface area contributed by atoms with E-state index in [0.717, 1.165) is 19.6 Å². The summed E-state index contributed by atoms with van der Waals surface area (Å²) in [5.74, 6) is 0.680. The molecular formula is C12H23N3. The largest absolute Gasteiger partial charge is 0.313 e. The number of nitrogens with one attached hydrogen (secondary N) is 1. The summed E-state index contributed by atoms with van der Waals surface area (Å²) in [4.78, 5) is 2.48. The second kappa shape index (κ2) is 6.09. The molecule has 15 heavy (non-hydrogen) atoms. The first-order valence-electron chi connectivity index (χ1n) is 5.98. The van der Waals surface area contributed by atoms with Crippen LogP contribution in [0.3, 0.4) is 0 Å². The molecule has 0 aromatic heterocycles. The van der Waals surface area contributed by atoms with Gasteiger partial charge in [-0.1, -0.05) is 13.8 Å². The Morgan fingerprint density at radius 3 is 2.87 bits per heavy atom. The molecule has 0 bridgehead atoms. The van der Waals surface area contributed by atoms with Gasteiger partial charge in [0.25, 0.3) is 0 Å². The highest BCUT2D eigenvalue weighted by molar-refractivity contribution is 4.88. The van der Waals surface area contributed by atoms with E-state index in [1.54, 1.807) is 0 Å². The minimum absolute atomic E-state index is 0.405. The van der Waals surface area contributed by atoms with Gasteiger partial charge in [-0.15, -0.1) is 0 Å². The van der Waals surface area contributed by atoms with Gasteiger partial charge in [0.05, 0.1) is 12.5 Å². The maximum absolute atomic E-state index is 8.82. The van der Waals surface area contributed by atoms with Gasteiger partial charge < -0.3 is 5.32 Å². The van der Waals surface area contributed by atoms with Crippen LogP contribution in [0.25, 0.3) is 0 Å². The van der Waals surface area contributed by atoms with Crippen molar-refractivity contribution >= 4 is 0 Å². The van der Waals surface area contributed by atoms with Crippen molar-refractivity contribution in [1.29, 1.82) is 5.26 Å². The lowest BCUT2D eigenvalue weighted by molar-refractivity contribution is 0.188. The van der Waals surface area contributed by atoms with E-state index >= 15 is 0 Å². The van der Waals surface area contributed by atoms with Crippen LogP contribution in [0, 0.1) is 17.2 Å². The van der Waals surface area contributed by atoms with E-state index in [4.69, 9.17) is 5.26 Å². The van der Waals surface area contributed by atoms with Crippen LogP contribution in [0.5, 0.6) is 0 Å². The monoisotopic (exact) mass is 209 g/mol. The number of nitrogens with zero attached hydrogens (tertiary/aromatic N) is 2. The topological polar surface area (TPSA) is 39.1 Å². The van der Waals surface area contributed by atoms with Crippen molar-refractivity contribution in [3.63, 3.8) is 0 Å². The van der Waals surface area contributed by atoms with Crippen LogP contribution in [0.2, 0.25) is 0 Å². The van der Waals surface area contributed by atoms with Crippen LogP contribution in [0.1, 0.15) is 33.6 Å². The van der Waals surface area contributed by atoms with Crippen molar-refractivity contribution in [3.05, 3.63) is 0 Å². The van der Waals surface area contributed by atoms with E-state index in [9.17, 15) is 0 Å². The van der Waals surface area contributed by atoms with Gasteiger partial charge in [0.15, 0.2) is 0 Å². The molecule has 0 aromatic rings. The molecule has 1 saturated heterocycles. The average Bonchev–Trinajstić information content (AvgIpc) is 2.32. The second-order valence-electron chi connectivity index (χ2n) is 5.00. The van der Waals surface area contributed by atoms with E-state index in [2.05, 4.69) is 37.1 Å². The fourth-order valence-corrected chi connectivity index (χ4v) is 2.13. The summed E-state index contributed by atoms with van der Waals surface area (Å²) in [6, 6.07) is 3.29. The highest BCUT2D eigenvalue weighted by atomic mass is 15.2. The molecule has 0 aromatic carbocycles. The lowest BCUT2D eigenvalue weighted by Gasteiger charge is -2.29. The summed E-state index contributed by atoms with van der Waals surface area (Å²) in [6.45, 7) is 9.90. The van der Waals surface area contributed by atoms with Crippen molar-refractivity contribution in [1.82, 2.24) is 10.2 Å². The maximum atomic E-state index is 8.82. The first-order chi connectivity index (χ1) is 7.13. The van der Waals surface area contributed by atoms with E-state index < -0.39 is 0 Å². The van der Waals surface area contributed by atoms with Gasteiger partial charge in [0, 0.05) is 25.2 Å². The van der Waals surface area contributed by atoms with Crippen molar-refractivity contribution in [2.45, 2.75) is 45.7 Å². The Morgan fingerprint density at radius 2 is 2.27 bits per heavy atom. The Balaban J connectivity index is 2.56. The fourth-order valence-electron chi connectivity index (χ4n) is 2.13. The lowest BCUT2D eigenvalue weighted by Crippen LogP contribution is -2.41. The van der Waals surface area contributed by atoms with Gasteiger partial charge in [0.1, 0.15) is 0 Å². The van der Waals surface area contributed by atoms with Crippen LogP contribution in [-0.2, 0) is 0 Å². The molecule has 1 rings (SSSR count). The van der Waals surface area contributed by atoms with Gasteiger partial charge in [0.2, 0.25) is 0 Å². The number of hydrogen-bond donors (Lipinski definition) is 1. The Kier molecular flexibility index (Phi) is 5.07. The molecule has 1 aliphatic rings. The van der Waals surface area contributed by atoms with Crippen molar-refractivity contribution in [2.75, 3.05) is 19.6 Å². The van der Waals surface area contributed by atoms with Gasteiger partial charge in [-0.2, -0.15) is 5.26 Å². The third-order valence-corrected chi connectivity index (χ3v) is 2.99. The SMILES string of the molecule is CC(C)CN1CCC(C)NCC1CC#N. The molecular weight excluding hydrogens is 186 g/mol. The molecule has 2 atom stereocenters. The van der Waals surface area contributed by atoms with E-state index in [0.29, 0.717) is 24.4 Å². The molecule has 2 unspecified atom stereocenters. The summed E-state index contributed by atoms with van der Waals surface area (Å²) in [6.07, 6.45) is 1.83. The van der Waals surface area contributed by atoms with Gasteiger partial charge in [-0.05, 0) is 25.8 Å². The molecule has 0 saturated carbocycles. The first kappa shape index (κ1) is 12.5. The molecule has 3 nitrogen and oxygen atoms in total. The smallest absolute Gasteiger partial charge is 0.0638 e. The van der Waals surface area contributed by atoms with Crippen LogP contribution in [-0.4, -0.2) is 36.6 Å². The highest BCUT2D eigenvalue weighted by Crippen LogP contribution is 2.12. The first-order valence-corrected chi connectivity index (χ1v) is 5.98. The van der Waals surface area contributed by atoms with Crippen molar-refractivity contribution < 1.29 is 0 Å². The molecule has 1 fully saturated rings. The molecule has 0 aliphatic carbocycles. The Labute approximate surface area is 93.5 Å². The van der Waals surface area contributed by atoms with Crippen LogP contribution in [0.4, 0.5) is 0 Å². The molecule has 3 heteroatoms. The zero-order valence-electron chi connectivity index (χ0n) is 10.2. The number of nitriles is 1. The Morgan fingerprint density at radius 1 is 1.53 bits per heavy atom. The zero-order chi connectivity index (χ0) is 11.3. The van der Waals surface area contributed by atoms with E-state index in [1.165, 1.54) is 6.42 Å². The van der Waals surface area contributed by atoms with Crippen LogP contribution < -0.4 is 5.32 Å². The minimum Gasteiger partial charge on any atom is -0.313 e. The Bertz CT molecular complexity index is 219. The molecule has 86 valence electrons. The minimum atomic E-state index is 0.405. The van der Waals surface area contributed by atoms with E-state index in [1.807, 2.05) is 0 Å². The third kappa shape index (κ3) is 4.19. The molecule has 0 amide bonds. The molecule has 0 spiro atoms. The summed E-state index contributed by atoms with van der Waals surface area (Å²) in [5.41, 5.74) is 0. The maximum Gasteiger partial charge on any atom is 0.0638 e. The predicted molar refractivity (Wildman–Crippen MR) is 62.5 cm³/mol. The fraction of sp³-hybridized carbons (Fsp3) is 0.917. The number of hydrogen-bond acceptors (Lipinski definition) is 3. The summed E-state index contributed by atoms with van der Waals surface area (Å²) < 4.78 is 0. The van der Waals surface area contributed by atoms with Crippen LogP contribution in [0.15, 0.2) is 0 Å². The van der Waals surface area contributed by atoms with Gasteiger partial charge in [-0.3, -0.25) is 4.90 Å². The van der Waals surface area contributed by atoms with Gasteiger partial charge >= 0.3 is 0 Å². The quantitative estimate of drug-likeness (QED) is 0.767. The van der Waals surface area contributed by atoms with Gasteiger partial charge in [-0.25, -0.2) is 0 Å². The molecule has 1 heterocycles. The van der Waals surface area contributed by atoms with Crippen molar-refractivity contribution in [3.8, 4) is 6.07 Å². The Hall–Kier alpha value is -0.590. The van der Waals surface area contributed by atoms with Crippen LogP contribution >= 0.6 is 0 Å². The summed E-state index contributed by atoms with van der Waals surface area (Å²) in [7, 11) is 0.